The molecule has 2 aliphatic heterocycles. The molecular weight excluding hydrogens is 618 g/mol. The number of likely N-dealkylation sites (tertiary alicyclic amines) is 2. The molecule has 1 aliphatic carbocycles. The molecule has 198 valence electrons. The van der Waals surface area contributed by atoms with E-state index in [-0.39, 0.29) is 5.92 Å². The third-order valence-electron chi connectivity index (χ3n) is 8.51. The normalized spacial score (nSPS) is 21.3. The summed E-state index contributed by atoms with van der Waals surface area (Å²) >= 11 is 13.9. The van der Waals surface area contributed by atoms with Crippen molar-refractivity contribution in [3.63, 3.8) is 0 Å². The molecule has 0 saturated carbocycles. The average molecular weight is 652 g/mol. The second-order valence-electron chi connectivity index (χ2n) is 10.8. The highest BCUT2D eigenvalue weighted by Crippen LogP contribution is 2.46. The number of amides is 1. The monoisotopic (exact) mass is 649 g/mol. The van der Waals surface area contributed by atoms with Gasteiger partial charge in [-0.1, -0.05) is 27.5 Å². The Kier molecular flexibility index (Phi) is 9.05. The molecule has 1 aromatic heterocycles. The molecule has 0 bridgehead atoms. The van der Waals surface area contributed by atoms with Gasteiger partial charge in [0.1, 0.15) is 6.29 Å². The fourth-order valence-corrected chi connectivity index (χ4v) is 8.04. The first-order valence-corrected chi connectivity index (χ1v) is 15.4. The summed E-state index contributed by atoms with van der Waals surface area (Å²) in [4.78, 5) is 33.3. The molecule has 5 nitrogen and oxygen atoms in total. The van der Waals surface area contributed by atoms with Gasteiger partial charge in [-0.15, -0.1) is 0 Å². The maximum atomic E-state index is 13.2. The largest absolute Gasteiger partial charge is 0.343 e. The number of carbonyl (C=O) groups is 2. The van der Waals surface area contributed by atoms with Crippen LogP contribution in [0.2, 0.25) is 5.02 Å². The summed E-state index contributed by atoms with van der Waals surface area (Å²) in [6.45, 7) is 4.46. The fourth-order valence-electron chi connectivity index (χ4n) is 6.54. The van der Waals surface area contributed by atoms with Gasteiger partial charge in [-0.25, -0.2) is 0 Å². The number of hydrogen-bond donors (Lipinski definition) is 0. The molecule has 0 spiro atoms. The van der Waals surface area contributed by atoms with E-state index in [1.165, 1.54) is 22.4 Å². The highest BCUT2D eigenvalue weighted by molar-refractivity contribution is 9.10. The number of carbonyl (C=O) groups excluding carboxylic acids is 2. The van der Waals surface area contributed by atoms with Crippen molar-refractivity contribution >= 4 is 55.7 Å². The molecule has 3 heterocycles. The molecule has 1 amide bonds. The number of pyridine rings is 1. The molecule has 8 heteroatoms. The van der Waals surface area contributed by atoms with E-state index in [1.807, 2.05) is 12.3 Å². The lowest BCUT2D eigenvalue weighted by molar-refractivity contribution is -0.134. The molecule has 2 fully saturated rings. The lowest BCUT2D eigenvalue weighted by atomic mass is 9.76. The maximum Gasteiger partial charge on any atom is 0.222 e. The van der Waals surface area contributed by atoms with Crippen LogP contribution in [0.25, 0.3) is 0 Å². The van der Waals surface area contributed by atoms with Gasteiger partial charge in [0.25, 0.3) is 0 Å². The molecule has 5 rings (SSSR count). The first-order chi connectivity index (χ1) is 17.9. The third-order valence-corrected chi connectivity index (χ3v) is 9.82. The van der Waals surface area contributed by atoms with Crippen LogP contribution in [0.3, 0.4) is 0 Å². The number of hydrogen-bond acceptors (Lipinski definition) is 4. The number of rotatable bonds is 6. The molecule has 1 aromatic carbocycles. The molecule has 0 unspecified atom stereocenters. The van der Waals surface area contributed by atoms with E-state index in [9.17, 15) is 9.59 Å². The van der Waals surface area contributed by atoms with Crippen LogP contribution >= 0.6 is 43.5 Å². The number of aldehydes is 1. The molecular formula is C29H34Br2ClN3O2. The number of aryl methyl sites for hydroxylation is 2. The zero-order valence-electron chi connectivity index (χ0n) is 21.1. The average Bonchev–Trinajstić information content (AvgIpc) is 3.05. The van der Waals surface area contributed by atoms with Gasteiger partial charge < -0.3 is 14.6 Å². The van der Waals surface area contributed by atoms with Gasteiger partial charge in [-0.05, 0) is 114 Å². The van der Waals surface area contributed by atoms with Crippen molar-refractivity contribution < 1.29 is 9.59 Å². The summed E-state index contributed by atoms with van der Waals surface area (Å²) < 4.78 is 2.08. The van der Waals surface area contributed by atoms with E-state index in [0.717, 1.165) is 91.5 Å². The van der Waals surface area contributed by atoms with Crippen molar-refractivity contribution in [2.75, 3.05) is 32.7 Å². The zero-order chi connectivity index (χ0) is 25.9. The van der Waals surface area contributed by atoms with Crippen LogP contribution in [0.4, 0.5) is 0 Å². The van der Waals surface area contributed by atoms with Gasteiger partial charge >= 0.3 is 0 Å². The molecule has 0 radical (unpaired) electrons. The summed E-state index contributed by atoms with van der Waals surface area (Å²) in [7, 11) is 0. The van der Waals surface area contributed by atoms with Crippen molar-refractivity contribution in [2.24, 2.45) is 11.8 Å². The zero-order valence-corrected chi connectivity index (χ0v) is 25.0. The van der Waals surface area contributed by atoms with E-state index >= 15 is 0 Å². The Hall–Kier alpha value is -1.28. The Morgan fingerprint density at radius 2 is 1.76 bits per heavy atom. The van der Waals surface area contributed by atoms with Crippen LogP contribution in [-0.2, 0) is 22.4 Å². The van der Waals surface area contributed by atoms with Gasteiger partial charge in [0.15, 0.2) is 0 Å². The Labute approximate surface area is 241 Å². The lowest BCUT2D eigenvalue weighted by Gasteiger charge is -2.38. The predicted octanol–water partition coefficient (Wildman–Crippen LogP) is 6.42. The fraction of sp³-hybridized carbons (Fsp3) is 0.552. The highest BCUT2D eigenvalue weighted by Gasteiger charge is 2.36. The van der Waals surface area contributed by atoms with E-state index in [1.54, 1.807) is 0 Å². The van der Waals surface area contributed by atoms with E-state index in [2.05, 4.69) is 53.8 Å². The predicted molar refractivity (Wildman–Crippen MR) is 154 cm³/mol. The second kappa shape index (κ2) is 12.3. The van der Waals surface area contributed by atoms with Crippen LogP contribution in [0, 0.1) is 11.8 Å². The van der Waals surface area contributed by atoms with Gasteiger partial charge in [0, 0.05) is 58.6 Å². The number of piperidine rings is 2. The number of aromatic nitrogens is 1. The lowest BCUT2D eigenvalue weighted by Crippen LogP contribution is -2.42. The number of halogens is 3. The molecule has 1 atom stereocenters. The van der Waals surface area contributed by atoms with Crippen molar-refractivity contribution in [2.45, 2.75) is 57.3 Å². The first kappa shape index (κ1) is 27.3. The first-order valence-electron chi connectivity index (χ1n) is 13.5. The summed E-state index contributed by atoms with van der Waals surface area (Å²) in [6.07, 6.45) is 10.1. The van der Waals surface area contributed by atoms with E-state index in [4.69, 9.17) is 16.6 Å². The SMILES string of the molecule is O=CCCN1CCC(CC(=O)N2CCC([C@H]3c4ncc(Br)cc4CCc4cc(Cl)cc(Br)c43)CC2)CC1. The highest BCUT2D eigenvalue weighted by atomic mass is 79.9. The standard InChI is InChI=1S/C29H34Br2ClN3O2/c30-23-15-22-3-2-21-16-24(32)17-25(31)27(21)28(29(22)33-18-23)20-6-11-35(12-7-20)26(37)14-19-4-9-34(10-5-19)8-1-13-36/h13,15-20,28H,1-12,14H2/t28-/m1/s1. The number of nitrogens with zero attached hydrogens (tertiary/aromatic N) is 3. The maximum absolute atomic E-state index is 13.2. The minimum atomic E-state index is 0.195. The Morgan fingerprint density at radius 3 is 2.49 bits per heavy atom. The van der Waals surface area contributed by atoms with Crippen molar-refractivity contribution in [1.82, 2.24) is 14.8 Å². The van der Waals surface area contributed by atoms with Crippen LogP contribution in [0.15, 0.2) is 33.3 Å². The van der Waals surface area contributed by atoms with E-state index in [0.29, 0.717) is 30.6 Å². The molecule has 0 N–H and O–H groups in total. The molecule has 3 aliphatic rings. The van der Waals surface area contributed by atoms with E-state index < -0.39 is 0 Å². The van der Waals surface area contributed by atoms with Gasteiger partial charge in [-0.3, -0.25) is 9.78 Å². The smallest absolute Gasteiger partial charge is 0.222 e. The van der Waals surface area contributed by atoms with Crippen molar-refractivity contribution in [3.05, 3.63) is 60.7 Å². The second-order valence-corrected chi connectivity index (χ2v) is 13.0. The van der Waals surface area contributed by atoms with Crippen LogP contribution < -0.4 is 0 Å². The number of fused-ring (bicyclic) bond motifs is 2. The van der Waals surface area contributed by atoms with Crippen molar-refractivity contribution in [3.8, 4) is 0 Å². The third kappa shape index (κ3) is 6.32. The van der Waals surface area contributed by atoms with Gasteiger partial charge in [0.2, 0.25) is 5.91 Å². The molecule has 2 saturated heterocycles. The topological polar surface area (TPSA) is 53.5 Å². The van der Waals surface area contributed by atoms with Crippen LogP contribution in [0.1, 0.15) is 66.8 Å². The summed E-state index contributed by atoms with van der Waals surface area (Å²) in [5.41, 5.74) is 5.10. The Bertz CT molecular complexity index is 1140. The van der Waals surface area contributed by atoms with Gasteiger partial charge in [0.05, 0.1) is 5.69 Å². The molecule has 37 heavy (non-hydrogen) atoms. The Balaban J connectivity index is 1.27. The minimum Gasteiger partial charge on any atom is -0.343 e. The Morgan fingerprint density at radius 1 is 1.03 bits per heavy atom. The number of benzene rings is 1. The summed E-state index contributed by atoms with van der Waals surface area (Å²) in [5, 5.41) is 0.763. The summed E-state index contributed by atoms with van der Waals surface area (Å²) in [6, 6.07) is 6.36. The quantitative estimate of drug-likeness (QED) is 0.339. The minimum absolute atomic E-state index is 0.195. The van der Waals surface area contributed by atoms with Crippen molar-refractivity contribution in [1.29, 1.82) is 0 Å². The van der Waals surface area contributed by atoms with Crippen LogP contribution in [-0.4, -0.2) is 59.7 Å². The molecule has 2 aromatic rings. The summed E-state index contributed by atoms with van der Waals surface area (Å²) in [5.74, 6) is 1.38. The van der Waals surface area contributed by atoms with Gasteiger partial charge in [-0.2, -0.15) is 0 Å². The van der Waals surface area contributed by atoms with Crippen LogP contribution in [0.5, 0.6) is 0 Å².